The van der Waals surface area contributed by atoms with Crippen molar-refractivity contribution in [2.24, 2.45) is 5.10 Å². The maximum Gasteiger partial charge on any atom is 0.204 e. The highest BCUT2D eigenvalue weighted by atomic mass is 35.5. The summed E-state index contributed by atoms with van der Waals surface area (Å²) in [7, 11) is 1.65. The van der Waals surface area contributed by atoms with Crippen molar-refractivity contribution in [2.75, 3.05) is 12.5 Å². The molecule has 0 spiro atoms. The first-order chi connectivity index (χ1) is 11.7. The molecule has 1 heterocycles. The monoisotopic (exact) mass is 357 g/mol. The van der Waals surface area contributed by atoms with E-state index in [1.165, 1.54) is 0 Å². The zero-order valence-electron chi connectivity index (χ0n) is 13.3. The van der Waals surface area contributed by atoms with E-state index in [9.17, 15) is 0 Å². The SMILES string of the molecule is COc1ccc(C=NNc2nc(-c3ccc(Cl)cc3)c(C)s2)cc1. The summed E-state index contributed by atoms with van der Waals surface area (Å²) >= 11 is 7.50. The minimum absolute atomic E-state index is 0.717. The predicted octanol–water partition coefficient (Wildman–Crippen LogP) is 5.23. The number of rotatable bonds is 5. The quantitative estimate of drug-likeness (QED) is 0.502. The molecule has 4 nitrogen and oxygen atoms in total. The van der Waals surface area contributed by atoms with Gasteiger partial charge in [-0.1, -0.05) is 23.7 Å². The van der Waals surface area contributed by atoms with E-state index in [1.54, 1.807) is 24.7 Å². The molecule has 2 aromatic carbocycles. The standard InChI is InChI=1S/C18H16ClN3OS/c1-12-17(14-5-7-15(19)8-6-14)21-18(24-12)22-20-11-13-3-9-16(23-2)10-4-13/h3-11H,1-2H3,(H,21,22). The van der Waals surface area contributed by atoms with Crippen LogP contribution in [0.15, 0.2) is 53.6 Å². The van der Waals surface area contributed by atoms with Gasteiger partial charge in [-0.2, -0.15) is 5.10 Å². The Bertz CT molecular complexity index is 842. The van der Waals surface area contributed by atoms with Crippen molar-refractivity contribution in [1.29, 1.82) is 0 Å². The van der Waals surface area contributed by atoms with Crippen molar-refractivity contribution in [3.63, 3.8) is 0 Å². The maximum atomic E-state index is 5.93. The summed E-state index contributed by atoms with van der Waals surface area (Å²) in [5.74, 6) is 0.822. The van der Waals surface area contributed by atoms with E-state index >= 15 is 0 Å². The Morgan fingerprint density at radius 3 is 2.50 bits per heavy atom. The van der Waals surface area contributed by atoms with Gasteiger partial charge in [0.25, 0.3) is 0 Å². The van der Waals surface area contributed by atoms with Crippen LogP contribution in [0.4, 0.5) is 5.13 Å². The third-order valence-corrected chi connectivity index (χ3v) is 4.53. The van der Waals surface area contributed by atoms with Crippen LogP contribution in [0, 0.1) is 6.92 Å². The maximum absolute atomic E-state index is 5.93. The zero-order valence-corrected chi connectivity index (χ0v) is 14.9. The molecule has 6 heteroatoms. The minimum atomic E-state index is 0.717. The number of thiazole rings is 1. The molecule has 0 saturated carbocycles. The lowest BCUT2D eigenvalue weighted by Gasteiger charge is -1.99. The minimum Gasteiger partial charge on any atom is -0.497 e. The summed E-state index contributed by atoms with van der Waals surface area (Å²) in [6.45, 7) is 2.04. The number of hydrogen-bond donors (Lipinski definition) is 1. The highest BCUT2D eigenvalue weighted by molar-refractivity contribution is 7.15. The first-order valence-electron chi connectivity index (χ1n) is 7.32. The van der Waals surface area contributed by atoms with E-state index < -0.39 is 0 Å². The highest BCUT2D eigenvalue weighted by Crippen LogP contribution is 2.30. The topological polar surface area (TPSA) is 46.5 Å². The molecule has 0 unspecified atom stereocenters. The van der Waals surface area contributed by atoms with Crippen LogP contribution < -0.4 is 10.2 Å². The summed E-state index contributed by atoms with van der Waals surface area (Å²) in [4.78, 5) is 5.72. The van der Waals surface area contributed by atoms with E-state index in [4.69, 9.17) is 16.3 Å². The number of aryl methyl sites for hydroxylation is 1. The molecule has 1 aromatic heterocycles. The fourth-order valence-corrected chi connectivity index (χ4v) is 3.08. The summed E-state index contributed by atoms with van der Waals surface area (Å²) in [6.07, 6.45) is 1.75. The fraction of sp³-hybridized carbons (Fsp3) is 0.111. The van der Waals surface area contributed by atoms with Crippen molar-refractivity contribution >= 4 is 34.3 Å². The molecular weight excluding hydrogens is 342 g/mol. The summed E-state index contributed by atoms with van der Waals surface area (Å²) in [5.41, 5.74) is 5.95. The number of anilines is 1. The number of ether oxygens (including phenoxy) is 1. The third-order valence-electron chi connectivity index (χ3n) is 3.40. The van der Waals surface area contributed by atoms with Crippen LogP contribution in [-0.4, -0.2) is 18.3 Å². The number of hydrazone groups is 1. The van der Waals surface area contributed by atoms with E-state index in [0.717, 1.165) is 32.6 Å². The van der Waals surface area contributed by atoms with Gasteiger partial charge in [-0.25, -0.2) is 4.98 Å². The van der Waals surface area contributed by atoms with E-state index in [1.807, 2.05) is 55.5 Å². The van der Waals surface area contributed by atoms with Crippen LogP contribution >= 0.6 is 22.9 Å². The first kappa shape index (κ1) is 16.5. The Morgan fingerprint density at radius 1 is 1.12 bits per heavy atom. The van der Waals surface area contributed by atoms with Crippen molar-refractivity contribution in [2.45, 2.75) is 6.92 Å². The molecule has 0 saturated heterocycles. The Kier molecular flexibility index (Phi) is 5.13. The van der Waals surface area contributed by atoms with Gasteiger partial charge < -0.3 is 4.74 Å². The van der Waals surface area contributed by atoms with Gasteiger partial charge in [-0.3, -0.25) is 5.43 Å². The molecule has 122 valence electrons. The molecule has 0 amide bonds. The zero-order chi connectivity index (χ0) is 16.9. The third kappa shape index (κ3) is 3.93. The van der Waals surface area contributed by atoms with Gasteiger partial charge in [-0.15, -0.1) is 11.3 Å². The Labute approximate surface area is 149 Å². The molecule has 0 aliphatic heterocycles. The Morgan fingerprint density at radius 2 is 1.83 bits per heavy atom. The fourth-order valence-electron chi connectivity index (χ4n) is 2.17. The van der Waals surface area contributed by atoms with Crippen LogP contribution in [0.5, 0.6) is 5.75 Å². The van der Waals surface area contributed by atoms with Crippen LogP contribution in [0.2, 0.25) is 5.02 Å². The molecule has 3 rings (SSSR count). The molecule has 1 N–H and O–H groups in total. The van der Waals surface area contributed by atoms with Crippen molar-refractivity contribution in [1.82, 2.24) is 4.98 Å². The Hall–Kier alpha value is -2.37. The molecule has 0 fully saturated rings. The number of benzene rings is 2. The normalized spacial score (nSPS) is 11.0. The molecule has 0 bridgehead atoms. The largest absolute Gasteiger partial charge is 0.497 e. The molecule has 3 aromatic rings. The number of aromatic nitrogens is 1. The number of halogens is 1. The molecule has 0 radical (unpaired) electrons. The van der Waals surface area contributed by atoms with Crippen molar-refractivity contribution in [3.8, 4) is 17.0 Å². The van der Waals surface area contributed by atoms with Crippen LogP contribution in [0.1, 0.15) is 10.4 Å². The van der Waals surface area contributed by atoms with Gasteiger partial charge in [0.15, 0.2) is 0 Å². The van der Waals surface area contributed by atoms with Crippen molar-refractivity contribution in [3.05, 3.63) is 64.0 Å². The van der Waals surface area contributed by atoms with Gasteiger partial charge >= 0.3 is 0 Å². The smallest absolute Gasteiger partial charge is 0.204 e. The van der Waals surface area contributed by atoms with Gasteiger partial charge in [-0.05, 0) is 48.9 Å². The van der Waals surface area contributed by atoms with E-state index in [2.05, 4.69) is 15.5 Å². The van der Waals surface area contributed by atoms with E-state index in [-0.39, 0.29) is 0 Å². The molecule has 0 aliphatic carbocycles. The summed E-state index contributed by atoms with van der Waals surface area (Å²) in [6, 6.07) is 15.3. The highest BCUT2D eigenvalue weighted by Gasteiger charge is 2.09. The first-order valence-corrected chi connectivity index (χ1v) is 8.51. The second-order valence-corrected chi connectivity index (χ2v) is 6.71. The van der Waals surface area contributed by atoms with Crippen molar-refractivity contribution < 1.29 is 4.74 Å². The summed E-state index contributed by atoms with van der Waals surface area (Å²) in [5, 5.41) is 5.71. The number of hydrogen-bond acceptors (Lipinski definition) is 5. The van der Waals surface area contributed by atoms with Gasteiger partial charge in [0.05, 0.1) is 19.0 Å². The van der Waals surface area contributed by atoms with Crippen LogP contribution in [0.25, 0.3) is 11.3 Å². The van der Waals surface area contributed by atoms with Gasteiger partial charge in [0, 0.05) is 15.5 Å². The Balaban J connectivity index is 1.70. The lowest BCUT2D eigenvalue weighted by Crippen LogP contribution is -1.90. The predicted molar refractivity (Wildman–Crippen MR) is 102 cm³/mol. The second kappa shape index (κ2) is 7.47. The average molecular weight is 358 g/mol. The molecule has 0 aliphatic rings. The number of nitrogens with one attached hydrogen (secondary N) is 1. The van der Waals surface area contributed by atoms with Gasteiger partial charge in [0.2, 0.25) is 5.13 Å². The van der Waals surface area contributed by atoms with Gasteiger partial charge in [0.1, 0.15) is 5.75 Å². The molecular formula is C18H16ClN3OS. The van der Waals surface area contributed by atoms with Crippen LogP contribution in [0.3, 0.4) is 0 Å². The second-order valence-electron chi connectivity index (χ2n) is 5.07. The van der Waals surface area contributed by atoms with E-state index in [0.29, 0.717) is 5.02 Å². The lowest BCUT2D eigenvalue weighted by atomic mass is 10.1. The number of nitrogens with zero attached hydrogens (tertiary/aromatic N) is 2. The molecule has 0 atom stereocenters. The number of methoxy groups -OCH3 is 1. The van der Waals surface area contributed by atoms with Crippen LogP contribution in [-0.2, 0) is 0 Å². The average Bonchev–Trinajstić information content (AvgIpc) is 2.97. The lowest BCUT2D eigenvalue weighted by molar-refractivity contribution is 0.415. The molecule has 24 heavy (non-hydrogen) atoms. The summed E-state index contributed by atoms with van der Waals surface area (Å²) < 4.78 is 5.13.